The Morgan fingerprint density at radius 3 is 2.44 bits per heavy atom. The number of carbonyl (C=O) groups excluding carboxylic acids is 4. The third kappa shape index (κ3) is 6.77. The zero-order valence-electron chi connectivity index (χ0n) is 14.8. The van der Waals surface area contributed by atoms with E-state index >= 15 is 0 Å². The average Bonchev–Trinajstić information content (AvgIpc) is 3.19. The van der Waals surface area contributed by atoms with E-state index < -0.39 is 37.0 Å². The van der Waals surface area contributed by atoms with Crippen LogP contribution >= 0.6 is 0 Å². The average molecular weight is 372 g/mol. The molecule has 0 unspecified atom stereocenters. The van der Waals surface area contributed by atoms with Crippen molar-refractivity contribution in [1.29, 1.82) is 0 Å². The molecule has 1 atom stereocenters. The summed E-state index contributed by atoms with van der Waals surface area (Å²) in [5.74, 6) is -2.10. The summed E-state index contributed by atoms with van der Waals surface area (Å²) in [4.78, 5) is 46.9. The maximum Gasteiger partial charge on any atom is 0.325 e. The number of esters is 1. The summed E-state index contributed by atoms with van der Waals surface area (Å²) in [6.45, 7) is 0.422. The monoisotopic (exact) mass is 372 g/mol. The minimum Gasteiger partial charge on any atom is -0.459 e. The van der Waals surface area contributed by atoms with Crippen molar-refractivity contribution in [3.63, 3.8) is 0 Å². The molecule has 0 saturated heterocycles. The van der Waals surface area contributed by atoms with Gasteiger partial charge < -0.3 is 19.8 Å². The second kappa shape index (κ2) is 9.91. The van der Waals surface area contributed by atoms with Crippen molar-refractivity contribution in [2.45, 2.75) is 19.4 Å². The van der Waals surface area contributed by atoms with Gasteiger partial charge in [-0.05, 0) is 31.0 Å². The Hall–Kier alpha value is -3.42. The molecule has 2 rings (SSSR count). The SMILES string of the molecule is CC(=O)[C@@H](Cc1ccccc1)NC(=O)COC(=O)CNC(=O)c1ccco1. The van der Waals surface area contributed by atoms with Crippen LogP contribution in [0.25, 0.3) is 0 Å². The zero-order valence-corrected chi connectivity index (χ0v) is 14.8. The number of ether oxygens (including phenoxy) is 1. The lowest BCUT2D eigenvalue weighted by Gasteiger charge is -2.16. The standard InChI is InChI=1S/C19H20N2O6/c1-13(22)15(10-14-6-3-2-4-7-14)21-17(23)12-27-18(24)11-20-19(25)16-8-5-9-26-16/h2-9,15H,10-12H2,1H3,(H,20,25)(H,21,23)/t15-/m1/s1. The second-order valence-electron chi connectivity index (χ2n) is 5.74. The number of carbonyl (C=O) groups is 4. The van der Waals surface area contributed by atoms with Gasteiger partial charge in [-0.1, -0.05) is 30.3 Å². The van der Waals surface area contributed by atoms with Crippen molar-refractivity contribution in [1.82, 2.24) is 10.6 Å². The zero-order chi connectivity index (χ0) is 19.6. The molecule has 0 bridgehead atoms. The maximum atomic E-state index is 11.9. The van der Waals surface area contributed by atoms with Gasteiger partial charge in [0.05, 0.1) is 12.3 Å². The number of nitrogens with one attached hydrogen (secondary N) is 2. The van der Waals surface area contributed by atoms with Crippen molar-refractivity contribution >= 4 is 23.6 Å². The van der Waals surface area contributed by atoms with Crippen LogP contribution in [0.3, 0.4) is 0 Å². The van der Waals surface area contributed by atoms with Crippen LogP contribution in [0.5, 0.6) is 0 Å². The predicted octanol–water partition coefficient (Wildman–Crippen LogP) is 0.869. The van der Waals surface area contributed by atoms with E-state index in [0.29, 0.717) is 6.42 Å². The van der Waals surface area contributed by atoms with Gasteiger partial charge in [0.1, 0.15) is 6.54 Å². The molecule has 1 aromatic heterocycles. The first-order valence-electron chi connectivity index (χ1n) is 8.26. The molecular formula is C19H20N2O6. The summed E-state index contributed by atoms with van der Waals surface area (Å²) in [6.07, 6.45) is 1.67. The van der Waals surface area contributed by atoms with Gasteiger partial charge >= 0.3 is 5.97 Å². The number of rotatable bonds is 9. The van der Waals surface area contributed by atoms with Crippen molar-refractivity contribution < 1.29 is 28.3 Å². The molecule has 2 aromatic rings. The maximum absolute atomic E-state index is 11.9. The van der Waals surface area contributed by atoms with Crippen LogP contribution in [0, 0.1) is 0 Å². The topological polar surface area (TPSA) is 115 Å². The normalized spacial score (nSPS) is 11.3. The quantitative estimate of drug-likeness (QED) is 0.631. The van der Waals surface area contributed by atoms with Gasteiger partial charge in [0.15, 0.2) is 18.2 Å². The van der Waals surface area contributed by atoms with Crippen LogP contribution in [0.1, 0.15) is 23.0 Å². The Labute approximate surface area is 155 Å². The Balaban J connectivity index is 1.74. The summed E-state index contributed by atoms with van der Waals surface area (Å²) in [5.41, 5.74) is 0.899. The molecule has 0 spiro atoms. The largest absolute Gasteiger partial charge is 0.459 e. The Morgan fingerprint density at radius 1 is 1.07 bits per heavy atom. The van der Waals surface area contributed by atoms with E-state index in [2.05, 4.69) is 10.6 Å². The number of amides is 2. The van der Waals surface area contributed by atoms with Crippen molar-refractivity contribution in [2.24, 2.45) is 0 Å². The first-order valence-corrected chi connectivity index (χ1v) is 8.26. The van der Waals surface area contributed by atoms with Crippen LogP contribution in [0.4, 0.5) is 0 Å². The highest BCUT2D eigenvalue weighted by molar-refractivity contribution is 5.93. The number of Topliss-reactive ketones (excluding diaryl/α,β-unsaturated/α-hetero) is 1. The van der Waals surface area contributed by atoms with E-state index in [4.69, 9.17) is 9.15 Å². The fraction of sp³-hybridized carbons (Fsp3) is 0.263. The highest BCUT2D eigenvalue weighted by Crippen LogP contribution is 2.04. The minimum absolute atomic E-state index is 0.0609. The highest BCUT2D eigenvalue weighted by atomic mass is 16.5. The molecule has 1 aromatic carbocycles. The summed E-state index contributed by atoms with van der Waals surface area (Å²) >= 11 is 0. The van der Waals surface area contributed by atoms with E-state index in [0.717, 1.165) is 5.56 Å². The smallest absolute Gasteiger partial charge is 0.325 e. The van der Waals surface area contributed by atoms with E-state index in [1.165, 1.54) is 19.3 Å². The molecule has 8 heteroatoms. The minimum atomic E-state index is -0.785. The van der Waals surface area contributed by atoms with Gasteiger partial charge in [-0.25, -0.2) is 0 Å². The van der Waals surface area contributed by atoms with Gasteiger partial charge in [0.25, 0.3) is 11.8 Å². The molecule has 0 aliphatic carbocycles. The first kappa shape index (κ1) is 19.9. The van der Waals surface area contributed by atoms with Gasteiger partial charge in [-0.2, -0.15) is 0 Å². The van der Waals surface area contributed by atoms with Crippen molar-refractivity contribution in [3.05, 3.63) is 60.1 Å². The Kier molecular flexibility index (Phi) is 7.30. The fourth-order valence-corrected chi connectivity index (χ4v) is 2.23. The lowest BCUT2D eigenvalue weighted by Crippen LogP contribution is -2.43. The van der Waals surface area contributed by atoms with E-state index in [1.54, 1.807) is 6.07 Å². The molecule has 1 heterocycles. The number of benzene rings is 1. The lowest BCUT2D eigenvalue weighted by molar-refractivity contribution is -0.147. The summed E-state index contributed by atoms with van der Waals surface area (Å²) in [7, 11) is 0. The molecule has 27 heavy (non-hydrogen) atoms. The lowest BCUT2D eigenvalue weighted by atomic mass is 10.0. The van der Waals surface area contributed by atoms with Gasteiger partial charge in [0.2, 0.25) is 0 Å². The molecule has 0 aliphatic rings. The molecular weight excluding hydrogens is 352 g/mol. The van der Waals surface area contributed by atoms with Crippen LogP contribution in [0.15, 0.2) is 53.1 Å². The molecule has 2 amide bonds. The summed E-state index contributed by atoms with van der Waals surface area (Å²) in [6, 6.07) is 11.5. The molecule has 0 radical (unpaired) electrons. The molecule has 0 fully saturated rings. The molecule has 0 saturated carbocycles. The third-order valence-electron chi connectivity index (χ3n) is 3.61. The first-order chi connectivity index (χ1) is 13.0. The third-order valence-corrected chi connectivity index (χ3v) is 3.61. The number of hydrogen-bond acceptors (Lipinski definition) is 6. The van der Waals surface area contributed by atoms with Crippen LogP contribution in [-0.4, -0.2) is 42.8 Å². The Bertz CT molecular complexity index is 786. The second-order valence-corrected chi connectivity index (χ2v) is 5.74. The van der Waals surface area contributed by atoms with Gasteiger partial charge in [-0.15, -0.1) is 0 Å². The van der Waals surface area contributed by atoms with Crippen LogP contribution < -0.4 is 10.6 Å². The summed E-state index contributed by atoms with van der Waals surface area (Å²) < 4.78 is 9.68. The Morgan fingerprint density at radius 2 is 1.81 bits per heavy atom. The predicted molar refractivity (Wildman–Crippen MR) is 94.8 cm³/mol. The molecule has 142 valence electrons. The molecule has 2 N–H and O–H groups in total. The highest BCUT2D eigenvalue weighted by Gasteiger charge is 2.19. The number of hydrogen-bond donors (Lipinski definition) is 2. The number of furan rings is 1. The van der Waals surface area contributed by atoms with E-state index in [-0.39, 0.29) is 11.5 Å². The van der Waals surface area contributed by atoms with Crippen molar-refractivity contribution in [2.75, 3.05) is 13.2 Å². The van der Waals surface area contributed by atoms with Crippen molar-refractivity contribution in [3.8, 4) is 0 Å². The molecule has 0 aliphatic heterocycles. The van der Waals surface area contributed by atoms with Gasteiger partial charge in [-0.3, -0.25) is 19.2 Å². The summed E-state index contributed by atoms with van der Waals surface area (Å²) in [5, 5.41) is 4.85. The molecule has 8 nitrogen and oxygen atoms in total. The van der Waals surface area contributed by atoms with Crippen LogP contribution in [-0.2, 0) is 25.5 Å². The van der Waals surface area contributed by atoms with Gasteiger partial charge in [0, 0.05) is 0 Å². The number of ketones is 1. The fourth-order valence-electron chi connectivity index (χ4n) is 2.23. The van der Waals surface area contributed by atoms with Crippen LogP contribution in [0.2, 0.25) is 0 Å². The van der Waals surface area contributed by atoms with E-state index in [1.807, 2.05) is 30.3 Å². The van der Waals surface area contributed by atoms with E-state index in [9.17, 15) is 19.2 Å².